The summed E-state index contributed by atoms with van der Waals surface area (Å²) in [5.41, 5.74) is 2.49. The van der Waals surface area contributed by atoms with Crippen LogP contribution in [0.15, 0.2) is 29.6 Å². The minimum atomic E-state index is -0.601. The Balaban J connectivity index is 1.62. The Hall–Kier alpha value is -1.88. The topological polar surface area (TPSA) is 51.2 Å². The number of aryl methyl sites for hydroxylation is 1. The average molecular weight is 373 g/mol. The van der Waals surface area contributed by atoms with Crippen molar-refractivity contribution in [1.29, 1.82) is 0 Å². The number of benzene rings is 1. The maximum Gasteiger partial charge on any atom is 0.310 e. The van der Waals surface area contributed by atoms with Gasteiger partial charge in [0.1, 0.15) is 0 Å². The van der Waals surface area contributed by atoms with Gasteiger partial charge in [-0.2, -0.15) is 0 Å². The van der Waals surface area contributed by atoms with E-state index in [-0.39, 0.29) is 11.9 Å². The van der Waals surface area contributed by atoms with Gasteiger partial charge in [0.15, 0.2) is 10.7 Å². The molecular formula is C21H28N2O2S. The van der Waals surface area contributed by atoms with E-state index in [1.165, 1.54) is 24.8 Å². The van der Waals surface area contributed by atoms with Gasteiger partial charge in [0.2, 0.25) is 0 Å². The first-order valence-electron chi connectivity index (χ1n) is 9.53. The molecule has 3 rings (SSSR count). The summed E-state index contributed by atoms with van der Waals surface area (Å²) in [7, 11) is 0. The molecule has 1 aliphatic heterocycles. The first-order valence-corrected chi connectivity index (χ1v) is 10.4. The van der Waals surface area contributed by atoms with Crippen molar-refractivity contribution < 1.29 is 9.53 Å². The Morgan fingerprint density at radius 2 is 2.04 bits per heavy atom. The molecule has 0 radical (unpaired) electrons. The van der Waals surface area contributed by atoms with Crippen LogP contribution in [0, 0.1) is 12.8 Å². The molecule has 5 heteroatoms. The summed E-state index contributed by atoms with van der Waals surface area (Å²) in [5.74, 6) is -0.0582. The van der Waals surface area contributed by atoms with Crippen molar-refractivity contribution in [2.45, 2.75) is 64.9 Å². The molecule has 140 valence electrons. The molecule has 2 aromatic rings. The highest BCUT2D eigenvalue weighted by atomic mass is 32.1. The molecule has 0 bridgehead atoms. The van der Waals surface area contributed by atoms with Crippen LogP contribution in [0.4, 0.5) is 10.8 Å². The second kappa shape index (κ2) is 8.21. The van der Waals surface area contributed by atoms with Gasteiger partial charge >= 0.3 is 5.97 Å². The normalized spacial score (nSPS) is 22.4. The lowest BCUT2D eigenvalue weighted by atomic mass is 9.90. The van der Waals surface area contributed by atoms with E-state index in [4.69, 9.17) is 9.72 Å². The minimum absolute atomic E-state index is 0.00654. The number of unbranched alkanes of at least 4 members (excludes halogenated alkanes) is 3. The van der Waals surface area contributed by atoms with Crippen molar-refractivity contribution in [3.05, 3.63) is 40.9 Å². The SMILES string of the molecule is CCCCCC[C@@H]1C[C@](C)(c2csc(Nc3ccc(C)cc3)n2)OC1=O. The van der Waals surface area contributed by atoms with Crippen molar-refractivity contribution in [2.24, 2.45) is 5.92 Å². The number of aromatic nitrogens is 1. The molecule has 1 saturated heterocycles. The summed E-state index contributed by atoms with van der Waals surface area (Å²) in [5, 5.41) is 6.16. The van der Waals surface area contributed by atoms with Crippen molar-refractivity contribution in [3.8, 4) is 0 Å². The lowest BCUT2D eigenvalue weighted by molar-refractivity contribution is -0.150. The molecule has 1 fully saturated rings. The highest BCUT2D eigenvalue weighted by Gasteiger charge is 2.45. The predicted octanol–water partition coefficient (Wildman–Crippen LogP) is 5.94. The molecular weight excluding hydrogens is 344 g/mol. The van der Waals surface area contributed by atoms with Crippen LogP contribution >= 0.6 is 11.3 Å². The highest BCUT2D eigenvalue weighted by Crippen LogP contribution is 2.42. The predicted molar refractivity (Wildman–Crippen MR) is 107 cm³/mol. The van der Waals surface area contributed by atoms with Gasteiger partial charge in [-0.15, -0.1) is 11.3 Å². The number of esters is 1. The lowest BCUT2D eigenvalue weighted by Crippen LogP contribution is -2.21. The summed E-state index contributed by atoms with van der Waals surface area (Å²) in [6.45, 7) is 6.26. The van der Waals surface area contributed by atoms with Crippen LogP contribution in [0.3, 0.4) is 0 Å². The number of ether oxygens (including phenoxy) is 1. The Morgan fingerprint density at radius 3 is 2.77 bits per heavy atom. The van der Waals surface area contributed by atoms with Crippen molar-refractivity contribution in [1.82, 2.24) is 4.98 Å². The molecule has 0 aliphatic carbocycles. The summed E-state index contributed by atoms with van der Waals surface area (Å²) in [4.78, 5) is 17.0. The van der Waals surface area contributed by atoms with E-state index < -0.39 is 5.60 Å². The second-order valence-corrected chi connectivity index (χ2v) is 8.29. The van der Waals surface area contributed by atoms with E-state index in [9.17, 15) is 4.79 Å². The lowest BCUT2D eigenvalue weighted by Gasteiger charge is -2.20. The fourth-order valence-corrected chi connectivity index (χ4v) is 4.28. The van der Waals surface area contributed by atoms with Gasteiger partial charge in [0.25, 0.3) is 0 Å². The van der Waals surface area contributed by atoms with Crippen LogP contribution < -0.4 is 5.32 Å². The third-order valence-corrected chi connectivity index (χ3v) is 5.81. The van der Waals surface area contributed by atoms with Gasteiger partial charge in [0, 0.05) is 17.5 Å². The van der Waals surface area contributed by atoms with Crippen molar-refractivity contribution in [2.75, 3.05) is 5.32 Å². The number of cyclic esters (lactones) is 1. The molecule has 1 aromatic carbocycles. The minimum Gasteiger partial charge on any atom is -0.453 e. The van der Waals surface area contributed by atoms with E-state index in [0.29, 0.717) is 0 Å². The zero-order chi connectivity index (χ0) is 18.6. The first kappa shape index (κ1) is 18.9. The number of rotatable bonds is 8. The Morgan fingerprint density at radius 1 is 1.27 bits per heavy atom. The number of hydrogen-bond donors (Lipinski definition) is 1. The molecule has 0 unspecified atom stereocenters. The van der Waals surface area contributed by atoms with Gasteiger partial charge < -0.3 is 10.1 Å². The summed E-state index contributed by atoms with van der Waals surface area (Å²) >= 11 is 1.55. The van der Waals surface area contributed by atoms with E-state index in [0.717, 1.165) is 35.8 Å². The molecule has 1 aliphatic rings. The average Bonchev–Trinajstić information content (AvgIpc) is 3.19. The molecule has 0 spiro atoms. The van der Waals surface area contributed by atoms with Crippen LogP contribution in [-0.4, -0.2) is 11.0 Å². The van der Waals surface area contributed by atoms with Crippen LogP contribution in [0.1, 0.15) is 63.6 Å². The van der Waals surface area contributed by atoms with Crippen LogP contribution in [0.25, 0.3) is 0 Å². The van der Waals surface area contributed by atoms with E-state index in [2.05, 4.69) is 31.3 Å². The van der Waals surface area contributed by atoms with Crippen LogP contribution in [0.2, 0.25) is 0 Å². The van der Waals surface area contributed by atoms with E-state index in [1.807, 2.05) is 24.4 Å². The number of hydrogen-bond acceptors (Lipinski definition) is 5. The Kier molecular flexibility index (Phi) is 5.97. The maximum absolute atomic E-state index is 12.3. The number of carbonyl (C=O) groups excluding carboxylic acids is 1. The van der Waals surface area contributed by atoms with Gasteiger partial charge in [-0.25, -0.2) is 4.98 Å². The molecule has 0 amide bonds. The molecule has 2 atom stereocenters. The fraction of sp³-hybridized carbons (Fsp3) is 0.524. The quantitative estimate of drug-likeness (QED) is 0.460. The number of nitrogens with one attached hydrogen (secondary N) is 1. The standard InChI is InChI=1S/C21H28N2O2S/c1-4-5-6-7-8-16-13-21(3,25-19(16)24)18-14-26-20(23-18)22-17-11-9-15(2)10-12-17/h9-12,14,16H,4-8,13H2,1-3H3,(H,22,23)/t16-,21-/m1/s1. The van der Waals surface area contributed by atoms with Crippen molar-refractivity contribution in [3.63, 3.8) is 0 Å². The largest absolute Gasteiger partial charge is 0.453 e. The van der Waals surface area contributed by atoms with E-state index >= 15 is 0 Å². The number of thiazole rings is 1. The molecule has 4 nitrogen and oxygen atoms in total. The monoisotopic (exact) mass is 372 g/mol. The molecule has 2 heterocycles. The summed E-state index contributed by atoms with van der Waals surface area (Å²) in [6.07, 6.45) is 6.39. The first-order chi connectivity index (χ1) is 12.5. The smallest absolute Gasteiger partial charge is 0.310 e. The molecule has 0 saturated carbocycles. The van der Waals surface area contributed by atoms with Crippen LogP contribution in [-0.2, 0) is 15.1 Å². The van der Waals surface area contributed by atoms with Gasteiger partial charge in [-0.05, 0) is 32.4 Å². The fourth-order valence-electron chi connectivity index (χ4n) is 3.43. The summed E-state index contributed by atoms with van der Waals surface area (Å²) in [6, 6.07) is 8.22. The molecule has 1 aromatic heterocycles. The Bertz CT molecular complexity index is 741. The Labute approximate surface area is 160 Å². The van der Waals surface area contributed by atoms with Crippen molar-refractivity contribution >= 4 is 28.1 Å². The number of carbonyl (C=O) groups is 1. The molecule has 1 N–H and O–H groups in total. The van der Waals surface area contributed by atoms with Gasteiger partial charge in [-0.3, -0.25) is 4.79 Å². The highest BCUT2D eigenvalue weighted by molar-refractivity contribution is 7.13. The number of anilines is 2. The maximum atomic E-state index is 12.3. The zero-order valence-corrected chi connectivity index (χ0v) is 16.7. The van der Waals surface area contributed by atoms with Crippen LogP contribution in [0.5, 0.6) is 0 Å². The third kappa shape index (κ3) is 4.44. The van der Waals surface area contributed by atoms with Gasteiger partial charge in [0.05, 0.1) is 11.6 Å². The summed E-state index contributed by atoms with van der Waals surface area (Å²) < 4.78 is 5.76. The third-order valence-electron chi connectivity index (χ3n) is 5.05. The second-order valence-electron chi connectivity index (χ2n) is 7.43. The zero-order valence-electron chi connectivity index (χ0n) is 15.9. The van der Waals surface area contributed by atoms with Gasteiger partial charge in [-0.1, -0.05) is 50.3 Å². The van der Waals surface area contributed by atoms with E-state index in [1.54, 1.807) is 11.3 Å². The number of nitrogens with zero attached hydrogens (tertiary/aromatic N) is 1. The molecule has 26 heavy (non-hydrogen) atoms.